The molecule has 0 radical (unpaired) electrons. The molecule has 1 amide bonds. The van der Waals surface area contributed by atoms with E-state index in [0.717, 1.165) is 30.5 Å². The SMILES string of the molecule is CC(C)NC(=O)O[C@@H]1CC[C@H](c2cc(Nc3cccc4c3S(=O)(=O)NC4(C)C)n[nH]2)C1. The monoisotopic (exact) mass is 447 g/mol. The van der Waals surface area contributed by atoms with Crippen molar-refractivity contribution in [1.29, 1.82) is 0 Å². The predicted molar refractivity (Wildman–Crippen MR) is 117 cm³/mol. The Morgan fingerprint density at radius 3 is 2.81 bits per heavy atom. The van der Waals surface area contributed by atoms with E-state index >= 15 is 0 Å². The Hall–Kier alpha value is -2.59. The molecule has 2 heterocycles. The maximum atomic E-state index is 12.7. The van der Waals surface area contributed by atoms with Crippen LogP contribution >= 0.6 is 0 Å². The summed E-state index contributed by atoms with van der Waals surface area (Å²) in [6.45, 7) is 7.46. The number of sulfonamides is 1. The van der Waals surface area contributed by atoms with Crippen molar-refractivity contribution in [1.82, 2.24) is 20.2 Å². The number of ether oxygens (including phenoxy) is 1. The number of fused-ring (bicyclic) bond motifs is 1. The van der Waals surface area contributed by atoms with Crippen molar-refractivity contribution in [2.24, 2.45) is 0 Å². The third-order valence-electron chi connectivity index (χ3n) is 5.71. The topological polar surface area (TPSA) is 125 Å². The van der Waals surface area contributed by atoms with Crippen molar-refractivity contribution >= 4 is 27.6 Å². The number of anilines is 2. The number of alkyl carbamates (subject to hydrolysis) is 1. The predicted octanol–water partition coefficient (Wildman–Crippen LogP) is 3.45. The fourth-order valence-electron chi connectivity index (χ4n) is 4.36. The molecule has 0 unspecified atom stereocenters. The molecule has 0 saturated heterocycles. The van der Waals surface area contributed by atoms with Crippen molar-refractivity contribution in [3.63, 3.8) is 0 Å². The van der Waals surface area contributed by atoms with Gasteiger partial charge in [-0.3, -0.25) is 5.10 Å². The van der Waals surface area contributed by atoms with E-state index in [1.165, 1.54) is 0 Å². The summed E-state index contributed by atoms with van der Waals surface area (Å²) in [6.07, 6.45) is 1.89. The van der Waals surface area contributed by atoms with Gasteiger partial charge in [-0.25, -0.2) is 17.9 Å². The van der Waals surface area contributed by atoms with Gasteiger partial charge in [0, 0.05) is 23.7 Å². The Labute approximate surface area is 182 Å². The molecule has 1 aliphatic carbocycles. The van der Waals surface area contributed by atoms with Crippen LogP contribution in [0.5, 0.6) is 0 Å². The van der Waals surface area contributed by atoms with E-state index in [9.17, 15) is 13.2 Å². The summed E-state index contributed by atoms with van der Waals surface area (Å²) in [4.78, 5) is 12.1. The van der Waals surface area contributed by atoms with E-state index in [0.29, 0.717) is 11.5 Å². The zero-order valence-corrected chi connectivity index (χ0v) is 19.0. The number of benzene rings is 1. The third-order valence-corrected chi connectivity index (χ3v) is 7.47. The van der Waals surface area contributed by atoms with Crippen LogP contribution in [0.25, 0.3) is 0 Å². The van der Waals surface area contributed by atoms with E-state index in [4.69, 9.17) is 4.74 Å². The molecule has 1 aliphatic heterocycles. The Bertz CT molecular complexity index is 1090. The third kappa shape index (κ3) is 4.40. The molecule has 0 spiro atoms. The molecule has 4 N–H and O–H groups in total. The Morgan fingerprint density at radius 1 is 1.29 bits per heavy atom. The highest BCUT2D eigenvalue weighted by Gasteiger charge is 2.41. The number of aromatic amines is 1. The van der Waals surface area contributed by atoms with Gasteiger partial charge in [-0.15, -0.1) is 0 Å². The molecule has 1 fully saturated rings. The summed E-state index contributed by atoms with van der Waals surface area (Å²) in [5.41, 5.74) is 1.49. The van der Waals surface area contributed by atoms with Gasteiger partial charge >= 0.3 is 6.09 Å². The zero-order chi connectivity index (χ0) is 22.4. The highest BCUT2D eigenvalue weighted by Crippen LogP contribution is 2.41. The molecular weight excluding hydrogens is 418 g/mol. The second kappa shape index (κ2) is 7.83. The number of aromatic nitrogens is 2. The lowest BCUT2D eigenvalue weighted by Gasteiger charge is -2.17. The van der Waals surface area contributed by atoms with Crippen LogP contribution in [-0.2, 0) is 20.3 Å². The van der Waals surface area contributed by atoms with Crippen LogP contribution in [0.4, 0.5) is 16.3 Å². The first-order valence-corrected chi connectivity index (χ1v) is 12.0. The molecule has 2 atom stereocenters. The van der Waals surface area contributed by atoms with Crippen LogP contribution in [-0.4, -0.2) is 36.9 Å². The molecule has 0 bridgehead atoms. The van der Waals surface area contributed by atoms with Crippen molar-refractivity contribution in [3.8, 4) is 0 Å². The van der Waals surface area contributed by atoms with Gasteiger partial charge in [0.2, 0.25) is 10.0 Å². The molecule has 168 valence electrons. The van der Waals surface area contributed by atoms with Crippen molar-refractivity contribution in [3.05, 3.63) is 35.5 Å². The standard InChI is InChI=1S/C21H29N5O4S/c1-12(2)22-20(27)30-14-9-8-13(10-14)17-11-18(25-24-17)23-16-7-5-6-15-19(16)31(28,29)26-21(15,3)4/h5-7,11-14,26H,8-10H2,1-4H3,(H,22,27)(H2,23,24,25)/t13-,14+/m0/s1. The van der Waals surface area contributed by atoms with Crippen LogP contribution in [0, 0.1) is 0 Å². The second-order valence-electron chi connectivity index (χ2n) is 9.08. The number of carbonyl (C=O) groups excluding carboxylic acids is 1. The lowest BCUT2D eigenvalue weighted by atomic mass is 9.95. The van der Waals surface area contributed by atoms with Crippen LogP contribution in [0.15, 0.2) is 29.2 Å². The fraction of sp³-hybridized carbons (Fsp3) is 0.524. The maximum Gasteiger partial charge on any atom is 0.407 e. The van der Waals surface area contributed by atoms with Gasteiger partial charge in [0.25, 0.3) is 0 Å². The average Bonchev–Trinajstić information content (AvgIpc) is 3.32. The summed E-state index contributed by atoms with van der Waals surface area (Å²) in [5.74, 6) is 0.746. The minimum atomic E-state index is -3.61. The Balaban J connectivity index is 1.46. The van der Waals surface area contributed by atoms with Crippen LogP contribution in [0.2, 0.25) is 0 Å². The number of rotatable bonds is 5. The Morgan fingerprint density at radius 2 is 2.06 bits per heavy atom. The summed E-state index contributed by atoms with van der Waals surface area (Å²) in [5, 5.41) is 13.3. The number of H-pyrrole nitrogens is 1. The number of amides is 1. The number of hydrogen-bond donors (Lipinski definition) is 4. The first-order valence-electron chi connectivity index (χ1n) is 10.5. The van der Waals surface area contributed by atoms with Gasteiger partial charge in [0.15, 0.2) is 5.82 Å². The van der Waals surface area contributed by atoms with Crippen LogP contribution in [0.3, 0.4) is 0 Å². The number of nitrogens with zero attached hydrogens (tertiary/aromatic N) is 1. The molecular formula is C21H29N5O4S. The van der Waals surface area contributed by atoms with Gasteiger partial charge in [0.05, 0.1) is 11.2 Å². The first kappa shape index (κ1) is 21.6. The number of carbonyl (C=O) groups is 1. The van der Waals surface area contributed by atoms with E-state index < -0.39 is 15.6 Å². The maximum absolute atomic E-state index is 12.7. The van der Waals surface area contributed by atoms with Crippen molar-refractivity contribution in [2.45, 2.75) is 75.5 Å². The van der Waals surface area contributed by atoms with E-state index in [2.05, 4.69) is 25.6 Å². The quantitative estimate of drug-likeness (QED) is 0.556. The van der Waals surface area contributed by atoms with E-state index in [1.807, 2.05) is 45.9 Å². The second-order valence-corrected chi connectivity index (χ2v) is 10.7. The molecule has 4 rings (SSSR count). The van der Waals surface area contributed by atoms with Gasteiger partial charge in [-0.2, -0.15) is 5.10 Å². The lowest BCUT2D eigenvalue weighted by molar-refractivity contribution is 0.0981. The minimum Gasteiger partial charge on any atom is -0.446 e. The molecule has 2 aromatic rings. The molecule has 1 aromatic heterocycles. The molecule has 31 heavy (non-hydrogen) atoms. The largest absolute Gasteiger partial charge is 0.446 e. The first-order chi connectivity index (χ1) is 14.5. The molecule has 2 aliphatic rings. The minimum absolute atomic E-state index is 0.0370. The molecule has 1 aromatic carbocycles. The fourth-order valence-corrected chi connectivity index (χ4v) is 6.26. The molecule has 1 saturated carbocycles. The summed E-state index contributed by atoms with van der Waals surface area (Å²) >= 11 is 0. The van der Waals surface area contributed by atoms with Crippen LogP contribution < -0.4 is 15.4 Å². The lowest BCUT2D eigenvalue weighted by Crippen LogP contribution is -2.33. The summed E-state index contributed by atoms with van der Waals surface area (Å²) < 4.78 is 33.5. The number of hydrogen-bond acceptors (Lipinski definition) is 6. The smallest absolute Gasteiger partial charge is 0.407 e. The highest BCUT2D eigenvalue weighted by atomic mass is 32.2. The van der Waals surface area contributed by atoms with Crippen molar-refractivity contribution < 1.29 is 17.9 Å². The molecule has 10 heteroatoms. The highest BCUT2D eigenvalue weighted by molar-refractivity contribution is 7.90. The van der Waals surface area contributed by atoms with Gasteiger partial charge in [-0.1, -0.05) is 12.1 Å². The van der Waals surface area contributed by atoms with Gasteiger partial charge in [0.1, 0.15) is 11.0 Å². The summed E-state index contributed by atoms with van der Waals surface area (Å²) in [6, 6.07) is 7.32. The molecule has 9 nitrogen and oxygen atoms in total. The van der Waals surface area contributed by atoms with Crippen LogP contribution in [0.1, 0.15) is 64.1 Å². The Kier molecular flexibility index (Phi) is 5.47. The van der Waals surface area contributed by atoms with Gasteiger partial charge in [-0.05, 0) is 58.6 Å². The normalized spacial score (nSPS) is 23.5. The van der Waals surface area contributed by atoms with Gasteiger partial charge < -0.3 is 15.4 Å². The number of nitrogens with one attached hydrogen (secondary N) is 4. The average molecular weight is 448 g/mol. The van der Waals surface area contributed by atoms with E-state index in [1.54, 1.807) is 6.07 Å². The summed E-state index contributed by atoms with van der Waals surface area (Å²) in [7, 11) is -3.61. The zero-order valence-electron chi connectivity index (χ0n) is 18.2. The van der Waals surface area contributed by atoms with Crippen molar-refractivity contribution in [2.75, 3.05) is 5.32 Å². The van der Waals surface area contributed by atoms with E-state index in [-0.39, 0.29) is 29.1 Å².